The number of hydrogen-bond acceptors (Lipinski definition) is 2. The molecule has 31 heavy (non-hydrogen) atoms. The van der Waals surface area contributed by atoms with Gasteiger partial charge in [0, 0.05) is 12.1 Å². The molecule has 0 N–H and O–H groups in total. The van der Waals surface area contributed by atoms with Gasteiger partial charge >= 0.3 is 17.1 Å². The third-order valence-electron chi connectivity index (χ3n) is 5.26. The minimum absolute atomic E-state index is 0. The van der Waals surface area contributed by atoms with Crippen molar-refractivity contribution in [3.8, 4) is 0 Å². The molecule has 0 bridgehead atoms. The molecule has 2 fully saturated rings. The maximum absolute atomic E-state index is 13.3. The van der Waals surface area contributed by atoms with Gasteiger partial charge in [-0.3, -0.25) is 4.79 Å². The standard InChI is InChI=1S/C21H28NO2Si.C5H5.Fe/c1-15(2)22(16(3)4)20(23)18-13-10-14-19(18)21(24)25(5,6)17-11-8-7-9-12-17;1-2-4-5-3-1;/h7-16H,1-6H3;1-5H;/q;;+2. The fourth-order valence-electron chi connectivity index (χ4n) is 3.65. The first-order valence-electron chi connectivity index (χ1n) is 10.5. The smallest absolute Gasteiger partial charge is 0.337 e. The van der Waals surface area contributed by atoms with Crippen molar-refractivity contribution in [3.63, 3.8) is 0 Å². The molecule has 0 heterocycles. The monoisotopic (exact) mass is 475 g/mol. The number of nitrogens with zero attached hydrogens (tertiary/aromatic N) is 1. The molecule has 0 saturated heterocycles. The summed E-state index contributed by atoms with van der Waals surface area (Å²) in [5.41, 5.74) is 0. The molecule has 0 aromatic heterocycles. The van der Waals surface area contributed by atoms with Crippen LogP contribution in [0, 0.1) is 63.2 Å². The number of carbonyl (C=O) groups is 2. The molecule has 1 aromatic rings. The van der Waals surface area contributed by atoms with E-state index in [1.807, 2.05) is 101 Å². The van der Waals surface area contributed by atoms with Gasteiger partial charge in [-0.2, -0.15) is 0 Å². The molecule has 164 valence electrons. The molecule has 2 saturated carbocycles. The molecule has 5 heteroatoms. The number of amides is 1. The van der Waals surface area contributed by atoms with E-state index in [9.17, 15) is 9.59 Å². The van der Waals surface area contributed by atoms with E-state index in [1.165, 1.54) is 0 Å². The van der Waals surface area contributed by atoms with Crippen molar-refractivity contribution < 1.29 is 26.7 Å². The summed E-state index contributed by atoms with van der Waals surface area (Å²) in [6, 6.07) is 10.1. The Morgan fingerprint density at radius 1 is 0.742 bits per heavy atom. The number of carbonyl (C=O) groups excluding carboxylic acids is 2. The van der Waals surface area contributed by atoms with E-state index in [2.05, 4.69) is 13.1 Å². The van der Waals surface area contributed by atoms with Crippen molar-refractivity contribution in [1.82, 2.24) is 4.90 Å². The summed E-state index contributed by atoms with van der Waals surface area (Å²) in [4.78, 5) is 28.2. The quantitative estimate of drug-likeness (QED) is 0.580. The Morgan fingerprint density at radius 2 is 1.19 bits per heavy atom. The van der Waals surface area contributed by atoms with Crippen LogP contribution in [0.5, 0.6) is 0 Å². The van der Waals surface area contributed by atoms with E-state index in [-0.39, 0.29) is 40.5 Å². The summed E-state index contributed by atoms with van der Waals surface area (Å²) in [7, 11) is -2.36. The Hall–Kier alpha value is -0.904. The topological polar surface area (TPSA) is 37.4 Å². The Labute approximate surface area is 202 Å². The summed E-state index contributed by atoms with van der Waals surface area (Å²) >= 11 is 0. The molecule has 10 radical (unpaired) electrons. The summed E-state index contributed by atoms with van der Waals surface area (Å²) in [5, 5.41) is 1.20. The van der Waals surface area contributed by atoms with Crippen LogP contribution in [0.25, 0.3) is 0 Å². The average Bonchev–Trinajstić information content (AvgIpc) is 3.42. The normalized spacial score (nSPS) is 17.3. The van der Waals surface area contributed by atoms with Gasteiger partial charge in [-0.1, -0.05) is 48.6 Å². The van der Waals surface area contributed by atoms with Crippen molar-refractivity contribution in [3.05, 3.63) is 93.5 Å². The summed E-state index contributed by atoms with van der Waals surface area (Å²) in [6.07, 6.45) is 15.4. The zero-order valence-electron chi connectivity index (χ0n) is 19.3. The van der Waals surface area contributed by atoms with Crippen LogP contribution in [0.3, 0.4) is 0 Å². The van der Waals surface area contributed by atoms with Gasteiger partial charge in [-0.05, 0) is 79.1 Å². The second kappa shape index (κ2) is 13.0. The summed E-state index contributed by atoms with van der Waals surface area (Å²) in [6.45, 7) is 12.1. The van der Waals surface area contributed by atoms with Crippen molar-refractivity contribution in [1.29, 1.82) is 0 Å². The van der Waals surface area contributed by atoms with E-state index >= 15 is 0 Å². The molecule has 1 aromatic carbocycles. The molecule has 0 aliphatic heterocycles. The van der Waals surface area contributed by atoms with E-state index < -0.39 is 8.07 Å². The van der Waals surface area contributed by atoms with E-state index in [1.54, 1.807) is 12.8 Å². The van der Waals surface area contributed by atoms with Crippen LogP contribution in [0.15, 0.2) is 30.3 Å². The van der Waals surface area contributed by atoms with Crippen LogP contribution in [-0.2, 0) is 26.7 Å². The molecular formula is C26H33FeNO2Si+2. The van der Waals surface area contributed by atoms with Gasteiger partial charge in [-0.25, -0.2) is 0 Å². The van der Waals surface area contributed by atoms with Gasteiger partial charge in [0.15, 0.2) is 8.07 Å². The van der Waals surface area contributed by atoms with Gasteiger partial charge in [0.1, 0.15) is 5.41 Å². The fourth-order valence-corrected chi connectivity index (χ4v) is 5.83. The van der Waals surface area contributed by atoms with Crippen LogP contribution < -0.4 is 5.19 Å². The van der Waals surface area contributed by atoms with Crippen LogP contribution in [0.1, 0.15) is 27.7 Å². The maximum atomic E-state index is 13.3. The zero-order chi connectivity index (χ0) is 22.3. The minimum Gasteiger partial charge on any atom is -0.337 e. The molecule has 0 spiro atoms. The Kier molecular flexibility index (Phi) is 11.8. The first-order chi connectivity index (χ1) is 14.2. The van der Waals surface area contributed by atoms with Gasteiger partial charge < -0.3 is 9.69 Å². The first-order valence-corrected chi connectivity index (χ1v) is 13.5. The molecule has 1 amide bonds. The van der Waals surface area contributed by atoms with E-state index in [4.69, 9.17) is 0 Å². The summed E-state index contributed by atoms with van der Waals surface area (Å²) in [5.74, 6) is 1.04. The third kappa shape index (κ3) is 7.30. The summed E-state index contributed by atoms with van der Waals surface area (Å²) < 4.78 is 0. The minimum atomic E-state index is -2.36. The molecular weight excluding hydrogens is 442 g/mol. The number of rotatable bonds is 6. The molecule has 2 aliphatic rings. The maximum Gasteiger partial charge on any atom is 2.00 e. The Morgan fingerprint density at radius 3 is 1.65 bits per heavy atom. The van der Waals surface area contributed by atoms with Crippen molar-refractivity contribution in [2.75, 3.05) is 0 Å². The second-order valence-corrected chi connectivity index (χ2v) is 12.8. The SMILES string of the molecule is CC(C)N(C(=O)[C]1[CH][CH][CH][C]1C(=O)[Si](C)(C)c1ccccc1)C(C)C.[CH]1[CH][CH][CH][CH]1.[Fe+2]. The largest absolute Gasteiger partial charge is 2.00 e. The predicted octanol–water partition coefficient (Wildman–Crippen LogP) is 4.15. The van der Waals surface area contributed by atoms with Crippen LogP contribution in [0.2, 0.25) is 13.1 Å². The van der Waals surface area contributed by atoms with Crippen LogP contribution >= 0.6 is 0 Å². The second-order valence-electron chi connectivity index (χ2n) is 8.54. The van der Waals surface area contributed by atoms with Gasteiger partial charge in [0.25, 0.3) is 0 Å². The third-order valence-corrected chi connectivity index (χ3v) is 8.44. The van der Waals surface area contributed by atoms with Gasteiger partial charge in [-0.15, -0.1) is 0 Å². The van der Waals surface area contributed by atoms with E-state index in [0.29, 0.717) is 11.8 Å². The molecule has 0 atom stereocenters. The predicted molar refractivity (Wildman–Crippen MR) is 127 cm³/mol. The van der Waals surface area contributed by atoms with Gasteiger partial charge in [0.2, 0.25) is 5.91 Å². The molecule has 0 unspecified atom stereocenters. The van der Waals surface area contributed by atoms with Crippen molar-refractivity contribution in [2.45, 2.75) is 52.9 Å². The van der Waals surface area contributed by atoms with Crippen molar-refractivity contribution in [2.24, 2.45) is 0 Å². The number of hydrogen-bond donors (Lipinski definition) is 0. The zero-order valence-corrected chi connectivity index (χ0v) is 21.4. The first kappa shape index (κ1) is 28.1. The van der Waals surface area contributed by atoms with Crippen LogP contribution in [0.4, 0.5) is 0 Å². The van der Waals surface area contributed by atoms with Crippen molar-refractivity contribution >= 4 is 24.6 Å². The Bertz CT molecular complexity index is 670. The molecule has 3 nitrogen and oxygen atoms in total. The van der Waals surface area contributed by atoms with Crippen LogP contribution in [-0.4, -0.2) is 36.4 Å². The van der Waals surface area contributed by atoms with Gasteiger partial charge in [0.05, 0.1) is 11.8 Å². The fraction of sp³-hybridized carbons (Fsp3) is 0.308. The molecule has 2 aliphatic carbocycles. The van der Waals surface area contributed by atoms with E-state index in [0.717, 1.165) is 5.19 Å². The Balaban J connectivity index is 0.000000701. The number of benzene rings is 1. The average molecular weight is 475 g/mol. The molecule has 3 rings (SSSR count).